The molecule has 0 saturated carbocycles. The monoisotopic (exact) mass is 280 g/mol. The number of anilines is 1. The van der Waals surface area contributed by atoms with Crippen LogP contribution in [0.2, 0.25) is 0 Å². The number of carbonyl (C=O) groups excluding carboxylic acids is 1. The Kier molecular flexibility index (Phi) is 5.99. The van der Waals surface area contributed by atoms with E-state index >= 15 is 0 Å². The highest BCUT2D eigenvalue weighted by Crippen LogP contribution is 2.18. The van der Waals surface area contributed by atoms with Crippen LogP contribution in [0.1, 0.15) is 25.3 Å². The van der Waals surface area contributed by atoms with Crippen LogP contribution >= 0.6 is 0 Å². The van der Waals surface area contributed by atoms with Crippen LogP contribution in [0, 0.1) is 0 Å². The van der Waals surface area contributed by atoms with E-state index in [0.29, 0.717) is 11.6 Å². The van der Waals surface area contributed by atoms with Crippen molar-refractivity contribution in [2.75, 3.05) is 19.0 Å². The molecule has 110 valence electrons. The molecule has 0 heterocycles. The molecule has 0 aliphatic carbocycles. The molecule has 0 aromatic heterocycles. The van der Waals surface area contributed by atoms with Crippen LogP contribution in [0.4, 0.5) is 10.5 Å². The molecule has 2 amide bonds. The van der Waals surface area contributed by atoms with Crippen molar-refractivity contribution in [2.45, 2.75) is 25.9 Å². The molecule has 1 rings (SSSR count). The van der Waals surface area contributed by atoms with Crippen LogP contribution in [-0.4, -0.2) is 36.9 Å². The molecule has 20 heavy (non-hydrogen) atoms. The van der Waals surface area contributed by atoms with Gasteiger partial charge in [-0.15, -0.1) is 0 Å². The van der Waals surface area contributed by atoms with E-state index in [4.69, 9.17) is 9.84 Å². The molecule has 0 aliphatic rings. The number of aliphatic carboxylic acids is 1. The number of carboxylic acids is 1. The van der Waals surface area contributed by atoms with Crippen LogP contribution in [0.25, 0.3) is 0 Å². The zero-order valence-corrected chi connectivity index (χ0v) is 11.8. The van der Waals surface area contributed by atoms with Crippen LogP contribution in [-0.2, 0) is 9.53 Å². The molecule has 1 aromatic carbocycles. The third kappa shape index (κ3) is 4.89. The van der Waals surface area contributed by atoms with Gasteiger partial charge in [0.1, 0.15) is 0 Å². The summed E-state index contributed by atoms with van der Waals surface area (Å²) in [5, 5.41) is 13.9. The van der Waals surface area contributed by atoms with Gasteiger partial charge in [-0.1, -0.05) is 26.0 Å². The number of amides is 2. The van der Waals surface area contributed by atoms with Crippen molar-refractivity contribution < 1.29 is 19.4 Å². The summed E-state index contributed by atoms with van der Waals surface area (Å²) < 4.78 is 4.72. The molecule has 0 fully saturated rings. The number of methoxy groups -OCH3 is 1. The van der Waals surface area contributed by atoms with E-state index < -0.39 is 18.1 Å². The second kappa shape index (κ2) is 7.49. The molecule has 1 unspecified atom stereocenters. The topological polar surface area (TPSA) is 87.7 Å². The first-order chi connectivity index (χ1) is 9.43. The van der Waals surface area contributed by atoms with Gasteiger partial charge in [0.05, 0.1) is 6.54 Å². The summed E-state index contributed by atoms with van der Waals surface area (Å²) in [5.74, 6) is -0.751. The normalized spacial score (nSPS) is 12.0. The van der Waals surface area contributed by atoms with E-state index in [-0.39, 0.29) is 6.54 Å². The van der Waals surface area contributed by atoms with E-state index in [1.165, 1.54) is 7.11 Å². The van der Waals surface area contributed by atoms with Gasteiger partial charge < -0.3 is 20.5 Å². The molecule has 0 bridgehead atoms. The van der Waals surface area contributed by atoms with Crippen LogP contribution in [0.5, 0.6) is 0 Å². The summed E-state index contributed by atoms with van der Waals surface area (Å²) >= 11 is 0. The molecule has 0 radical (unpaired) electrons. The van der Waals surface area contributed by atoms with E-state index in [0.717, 1.165) is 5.56 Å². The number of carbonyl (C=O) groups is 2. The number of hydrogen-bond donors (Lipinski definition) is 3. The maximum absolute atomic E-state index is 11.7. The summed E-state index contributed by atoms with van der Waals surface area (Å²) in [7, 11) is 1.28. The van der Waals surface area contributed by atoms with Gasteiger partial charge in [-0.2, -0.15) is 0 Å². The van der Waals surface area contributed by atoms with Crippen LogP contribution in [0.3, 0.4) is 0 Å². The second-order valence-corrected chi connectivity index (χ2v) is 4.68. The first-order valence-corrected chi connectivity index (χ1v) is 6.34. The van der Waals surface area contributed by atoms with Crippen molar-refractivity contribution in [3.63, 3.8) is 0 Å². The number of carboxylic acid groups (broad SMARTS) is 1. The summed E-state index contributed by atoms with van der Waals surface area (Å²) in [4.78, 5) is 22.4. The minimum Gasteiger partial charge on any atom is -0.479 e. The van der Waals surface area contributed by atoms with Crippen LogP contribution < -0.4 is 10.6 Å². The third-order valence-corrected chi connectivity index (χ3v) is 2.82. The Morgan fingerprint density at radius 2 is 2.05 bits per heavy atom. The Labute approximate surface area is 118 Å². The molecule has 0 spiro atoms. The number of urea groups is 1. The lowest BCUT2D eigenvalue weighted by Gasteiger charge is -2.13. The standard InChI is InChI=1S/C14H20N2O4/c1-9(2)10-5-4-6-11(7-10)16-14(19)15-8-12(20-3)13(17)18/h4-7,9,12H,8H2,1-3H3,(H,17,18)(H2,15,16,19). The van der Waals surface area contributed by atoms with Gasteiger partial charge in [0, 0.05) is 12.8 Å². The minimum atomic E-state index is -1.12. The number of ether oxygens (including phenoxy) is 1. The number of nitrogens with one attached hydrogen (secondary N) is 2. The molecule has 6 nitrogen and oxygen atoms in total. The van der Waals surface area contributed by atoms with Gasteiger partial charge in [-0.25, -0.2) is 9.59 Å². The highest BCUT2D eigenvalue weighted by Gasteiger charge is 2.17. The summed E-state index contributed by atoms with van der Waals surface area (Å²) in [6.45, 7) is 4.03. The summed E-state index contributed by atoms with van der Waals surface area (Å²) in [5.41, 5.74) is 1.78. The van der Waals surface area contributed by atoms with Crippen molar-refractivity contribution >= 4 is 17.7 Å². The molecule has 0 aliphatic heterocycles. The van der Waals surface area contributed by atoms with Crippen molar-refractivity contribution in [3.05, 3.63) is 29.8 Å². The lowest BCUT2D eigenvalue weighted by Crippen LogP contribution is -2.39. The van der Waals surface area contributed by atoms with Gasteiger partial charge >= 0.3 is 12.0 Å². The van der Waals surface area contributed by atoms with E-state index in [1.54, 1.807) is 6.07 Å². The average Bonchev–Trinajstić information content (AvgIpc) is 2.39. The van der Waals surface area contributed by atoms with Gasteiger partial charge in [0.2, 0.25) is 0 Å². The van der Waals surface area contributed by atoms with Crippen molar-refractivity contribution in [1.82, 2.24) is 5.32 Å². The second-order valence-electron chi connectivity index (χ2n) is 4.68. The Morgan fingerprint density at radius 3 is 2.60 bits per heavy atom. The van der Waals surface area contributed by atoms with E-state index in [9.17, 15) is 9.59 Å². The fourth-order valence-electron chi connectivity index (χ4n) is 1.61. The predicted molar refractivity (Wildman–Crippen MR) is 76.0 cm³/mol. The molecule has 1 aromatic rings. The lowest BCUT2D eigenvalue weighted by atomic mass is 10.0. The first-order valence-electron chi connectivity index (χ1n) is 6.34. The largest absolute Gasteiger partial charge is 0.479 e. The Bertz CT molecular complexity index is 474. The molecule has 6 heteroatoms. The zero-order chi connectivity index (χ0) is 15.1. The third-order valence-electron chi connectivity index (χ3n) is 2.82. The Morgan fingerprint density at radius 1 is 1.35 bits per heavy atom. The fraction of sp³-hybridized carbons (Fsp3) is 0.429. The minimum absolute atomic E-state index is 0.0957. The molecule has 0 saturated heterocycles. The number of rotatable bonds is 6. The van der Waals surface area contributed by atoms with Crippen molar-refractivity contribution in [2.24, 2.45) is 0 Å². The first kappa shape index (κ1) is 16.0. The molecular weight excluding hydrogens is 260 g/mol. The van der Waals surface area contributed by atoms with E-state index in [2.05, 4.69) is 24.5 Å². The van der Waals surface area contributed by atoms with Gasteiger partial charge in [0.15, 0.2) is 6.10 Å². The number of hydrogen-bond acceptors (Lipinski definition) is 3. The van der Waals surface area contributed by atoms with Gasteiger partial charge in [-0.05, 0) is 23.6 Å². The smallest absolute Gasteiger partial charge is 0.334 e. The summed E-state index contributed by atoms with van der Waals surface area (Å²) in [6, 6.07) is 7.04. The highest BCUT2D eigenvalue weighted by atomic mass is 16.5. The molecular formula is C14H20N2O4. The van der Waals surface area contributed by atoms with Crippen molar-refractivity contribution in [3.8, 4) is 0 Å². The summed E-state index contributed by atoms with van der Waals surface area (Å²) in [6.07, 6.45) is -1.05. The zero-order valence-electron chi connectivity index (χ0n) is 11.8. The van der Waals surface area contributed by atoms with Gasteiger partial charge in [-0.3, -0.25) is 0 Å². The van der Waals surface area contributed by atoms with Gasteiger partial charge in [0.25, 0.3) is 0 Å². The Balaban J connectivity index is 2.54. The fourth-order valence-corrected chi connectivity index (χ4v) is 1.61. The quantitative estimate of drug-likeness (QED) is 0.744. The molecule has 3 N–H and O–H groups in total. The van der Waals surface area contributed by atoms with Crippen LogP contribution in [0.15, 0.2) is 24.3 Å². The maximum atomic E-state index is 11.7. The number of benzene rings is 1. The maximum Gasteiger partial charge on any atom is 0.334 e. The lowest BCUT2D eigenvalue weighted by molar-refractivity contribution is -0.147. The molecule has 1 atom stereocenters. The predicted octanol–water partition coefficient (Wildman–Crippen LogP) is 2.03. The van der Waals surface area contributed by atoms with E-state index in [1.807, 2.05) is 18.2 Å². The van der Waals surface area contributed by atoms with Crippen molar-refractivity contribution in [1.29, 1.82) is 0 Å². The average molecular weight is 280 g/mol. The Hall–Kier alpha value is -2.08. The highest BCUT2D eigenvalue weighted by molar-refractivity contribution is 5.89. The SMILES string of the molecule is COC(CNC(=O)Nc1cccc(C(C)C)c1)C(=O)O.